The number of hydrogen-bond donors (Lipinski definition) is 2. The van der Waals surface area contributed by atoms with Crippen LogP contribution < -0.4 is 10.2 Å². The molecule has 2 amide bonds. The van der Waals surface area contributed by atoms with Crippen molar-refractivity contribution in [2.75, 3.05) is 6.61 Å². The van der Waals surface area contributed by atoms with Crippen LogP contribution in [0.2, 0.25) is 0 Å². The van der Waals surface area contributed by atoms with Gasteiger partial charge in [0.2, 0.25) is 0 Å². The second-order valence-corrected chi connectivity index (χ2v) is 6.68. The number of nitrogens with one attached hydrogen (secondary N) is 1. The molecule has 2 heterocycles. The Morgan fingerprint density at radius 1 is 1.07 bits per heavy atom. The van der Waals surface area contributed by atoms with E-state index in [4.69, 9.17) is 9.94 Å². The van der Waals surface area contributed by atoms with Crippen molar-refractivity contribution in [1.29, 1.82) is 0 Å². The quantitative estimate of drug-likeness (QED) is 0.531. The SMILES string of the molecule is O=C(NO)c1ccc2c(c1)OCC(c1ccccc1)N(C(=O)c1cccnc1)C2. The number of hydrogen-bond acceptors (Lipinski definition) is 5. The van der Waals surface area contributed by atoms with Crippen LogP contribution in [0.3, 0.4) is 0 Å². The molecule has 2 N–H and O–H groups in total. The van der Waals surface area contributed by atoms with E-state index in [1.165, 1.54) is 0 Å². The van der Waals surface area contributed by atoms with Gasteiger partial charge >= 0.3 is 0 Å². The number of carbonyl (C=O) groups excluding carboxylic acids is 2. The maximum absolute atomic E-state index is 13.3. The summed E-state index contributed by atoms with van der Waals surface area (Å²) >= 11 is 0. The molecule has 1 aromatic heterocycles. The van der Waals surface area contributed by atoms with Gasteiger partial charge in [0.25, 0.3) is 11.8 Å². The molecule has 0 aliphatic carbocycles. The van der Waals surface area contributed by atoms with Crippen LogP contribution in [0.5, 0.6) is 5.75 Å². The number of nitrogens with zero attached hydrogens (tertiary/aromatic N) is 2. The van der Waals surface area contributed by atoms with E-state index in [-0.39, 0.29) is 24.1 Å². The number of amides is 2. The lowest BCUT2D eigenvalue weighted by Gasteiger charge is -2.29. The Balaban J connectivity index is 1.74. The highest BCUT2D eigenvalue weighted by Crippen LogP contribution is 2.33. The monoisotopic (exact) mass is 389 g/mol. The molecule has 7 heteroatoms. The normalized spacial score (nSPS) is 15.6. The summed E-state index contributed by atoms with van der Waals surface area (Å²) in [7, 11) is 0. The molecule has 0 fully saturated rings. The van der Waals surface area contributed by atoms with Crippen molar-refractivity contribution in [2.24, 2.45) is 0 Å². The smallest absolute Gasteiger partial charge is 0.274 e. The van der Waals surface area contributed by atoms with Crippen LogP contribution in [-0.2, 0) is 6.54 Å². The number of benzene rings is 2. The predicted molar refractivity (Wildman–Crippen MR) is 104 cm³/mol. The fraction of sp³-hybridized carbons (Fsp3) is 0.136. The molecule has 3 aromatic rings. The van der Waals surface area contributed by atoms with Crippen LogP contribution >= 0.6 is 0 Å². The van der Waals surface area contributed by atoms with E-state index in [0.717, 1.165) is 11.1 Å². The van der Waals surface area contributed by atoms with Crippen LogP contribution in [-0.4, -0.2) is 33.5 Å². The molecule has 0 bridgehead atoms. The highest BCUT2D eigenvalue weighted by atomic mass is 16.5. The first-order chi connectivity index (χ1) is 14.2. The van der Waals surface area contributed by atoms with Crippen LogP contribution in [0.4, 0.5) is 0 Å². The first-order valence-electron chi connectivity index (χ1n) is 9.13. The summed E-state index contributed by atoms with van der Waals surface area (Å²) in [5, 5.41) is 8.88. The maximum atomic E-state index is 13.3. The highest BCUT2D eigenvalue weighted by molar-refractivity contribution is 5.95. The number of ether oxygens (including phenoxy) is 1. The lowest BCUT2D eigenvalue weighted by atomic mass is 10.0. The van der Waals surface area contributed by atoms with Gasteiger partial charge in [0, 0.05) is 23.5 Å². The van der Waals surface area contributed by atoms with Gasteiger partial charge in [-0.15, -0.1) is 0 Å². The fourth-order valence-corrected chi connectivity index (χ4v) is 3.40. The summed E-state index contributed by atoms with van der Waals surface area (Å²) in [5.41, 5.74) is 4.11. The molecule has 0 saturated heterocycles. The molecule has 2 aromatic carbocycles. The largest absolute Gasteiger partial charge is 0.491 e. The van der Waals surface area contributed by atoms with Gasteiger partial charge in [-0.1, -0.05) is 36.4 Å². The Labute approximate surface area is 167 Å². The van der Waals surface area contributed by atoms with Gasteiger partial charge in [-0.25, -0.2) is 5.48 Å². The second kappa shape index (κ2) is 8.12. The number of carbonyl (C=O) groups is 2. The molecule has 1 unspecified atom stereocenters. The van der Waals surface area contributed by atoms with E-state index >= 15 is 0 Å². The number of rotatable bonds is 3. The molecule has 29 heavy (non-hydrogen) atoms. The van der Waals surface area contributed by atoms with Crippen LogP contribution in [0.15, 0.2) is 73.1 Å². The van der Waals surface area contributed by atoms with Crippen molar-refractivity contribution in [3.8, 4) is 5.75 Å². The van der Waals surface area contributed by atoms with Gasteiger partial charge in [-0.3, -0.25) is 19.8 Å². The van der Waals surface area contributed by atoms with E-state index < -0.39 is 5.91 Å². The maximum Gasteiger partial charge on any atom is 0.274 e. The summed E-state index contributed by atoms with van der Waals surface area (Å²) in [4.78, 5) is 30.9. The minimum Gasteiger partial charge on any atom is -0.491 e. The Morgan fingerprint density at radius 2 is 1.90 bits per heavy atom. The average molecular weight is 389 g/mol. The van der Waals surface area contributed by atoms with Gasteiger partial charge in [0.1, 0.15) is 12.4 Å². The Morgan fingerprint density at radius 3 is 2.62 bits per heavy atom. The van der Waals surface area contributed by atoms with E-state index in [0.29, 0.717) is 17.9 Å². The summed E-state index contributed by atoms with van der Waals surface area (Å²) < 4.78 is 6.00. The van der Waals surface area contributed by atoms with Crippen molar-refractivity contribution in [2.45, 2.75) is 12.6 Å². The number of fused-ring (bicyclic) bond motifs is 1. The molecule has 1 aliphatic heterocycles. The minimum atomic E-state index is -0.622. The third kappa shape index (κ3) is 3.81. The van der Waals surface area contributed by atoms with Gasteiger partial charge < -0.3 is 9.64 Å². The number of pyridine rings is 1. The molecular weight excluding hydrogens is 370 g/mol. The lowest BCUT2D eigenvalue weighted by Crippen LogP contribution is -2.36. The van der Waals surface area contributed by atoms with Gasteiger partial charge in [-0.05, 0) is 29.8 Å². The van der Waals surface area contributed by atoms with Gasteiger partial charge in [-0.2, -0.15) is 0 Å². The first-order valence-corrected chi connectivity index (χ1v) is 9.13. The van der Waals surface area contributed by atoms with Crippen molar-refractivity contribution in [1.82, 2.24) is 15.4 Å². The standard InChI is InChI=1S/C22H19N3O4/c26-21(24-28)16-8-9-18-13-25(22(27)17-7-4-10-23-12-17)19(14-29-20(18)11-16)15-5-2-1-3-6-15/h1-12,19,28H,13-14H2,(H,24,26). The van der Waals surface area contributed by atoms with Crippen molar-refractivity contribution in [3.63, 3.8) is 0 Å². The molecular formula is C22H19N3O4. The molecule has 146 valence electrons. The van der Waals surface area contributed by atoms with Crippen molar-refractivity contribution >= 4 is 11.8 Å². The molecule has 0 spiro atoms. The summed E-state index contributed by atoms with van der Waals surface area (Å²) in [6, 6.07) is 17.7. The Kier molecular flexibility index (Phi) is 5.22. The first kappa shape index (κ1) is 18.6. The van der Waals surface area contributed by atoms with Crippen molar-refractivity contribution < 1.29 is 19.5 Å². The minimum absolute atomic E-state index is 0.152. The summed E-state index contributed by atoms with van der Waals surface area (Å²) in [5.74, 6) is -0.266. The zero-order valence-corrected chi connectivity index (χ0v) is 15.5. The zero-order valence-electron chi connectivity index (χ0n) is 15.5. The summed E-state index contributed by atoms with van der Waals surface area (Å²) in [6.45, 7) is 0.539. The molecule has 4 rings (SSSR count). The second-order valence-electron chi connectivity index (χ2n) is 6.68. The van der Waals surface area contributed by atoms with E-state index in [1.54, 1.807) is 53.1 Å². The fourth-order valence-electron chi connectivity index (χ4n) is 3.40. The lowest BCUT2D eigenvalue weighted by molar-refractivity contribution is 0.0621. The van der Waals surface area contributed by atoms with E-state index in [2.05, 4.69) is 4.98 Å². The average Bonchev–Trinajstić information content (AvgIpc) is 2.98. The predicted octanol–water partition coefficient (Wildman–Crippen LogP) is 2.98. The van der Waals surface area contributed by atoms with Crippen molar-refractivity contribution in [3.05, 3.63) is 95.3 Å². The molecule has 1 aliphatic rings. The van der Waals surface area contributed by atoms with Crippen LogP contribution in [0, 0.1) is 0 Å². The van der Waals surface area contributed by atoms with Gasteiger partial charge in [0.05, 0.1) is 18.2 Å². The highest BCUT2D eigenvalue weighted by Gasteiger charge is 2.31. The van der Waals surface area contributed by atoms with Crippen LogP contribution in [0.25, 0.3) is 0 Å². The third-order valence-corrected chi connectivity index (χ3v) is 4.90. The third-order valence-electron chi connectivity index (χ3n) is 4.90. The summed E-state index contributed by atoms with van der Waals surface area (Å²) in [6.07, 6.45) is 3.17. The molecule has 7 nitrogen and oxygen atoms in total. The topological polar surface area (TPSA) is 91.8 Å². The van der Waals surface area contributed by atoms with Crippen LogP contribution in [0.1, 0.15) is 37.9 Å². The Hall–Kier alpha value is -3.71. The van der Waals surface area contributed by atoms with E-state index in [9.17, 15) is 9.59 Å². The molecule has 0 radical (unpaired) electrons. The number of aromatic nitrogens is 1. The Bertz CT molecular complexity index is 1020. The van der Waals surface area contributed by atoms with Gasteiger partial charge in [0.15, 0.2) is 0 Å². The number of hydroxylamine groups is 1. The molecule has 1 atom stereocenters. The zero-order chi connectivity index (χ0) is 20.2. The van der Waals surface area contributed by atoms with E-state index in [1.807, 2.05) is 30.3 Å². The molecule has 0 saturated carbocycles.